The molecule has 2 amide bonds. The van der Waals surface area contributed by atoms with Gasteiger partial charge in [0.05, 0.1) is 11.8 Å². The van der Waals surface area contributed by atoms with E-state index in [4.69, 9.17) is 0 Å². The number of aryl methyl sites for hydroxylation is 1. The Morgan fingerprint density at radius 3 is 2.50 bits per heavy atom. The van der Waals surface area contributed by atoms with Gasteiger partial charge in [-0.25, -0.2) is 17.5 Å². The number of hydrogen-bond acceptors (Lipinski definition) is 3. The summed E-state index contributed by atoms with van der Waals surface area (Å²) >= 11 is 0. The van der Waals surface area contributed by atoms with Crippen molar-refractivity contribution >= 4 is 16.1 Å². The third-order valence-corrected chi connectivity index (χ3v) is 6.43. The first-order valence-corrected chi connectivity index (χ1v) is 10.0. The number of carbonyl (C=O) groups is 1. The molecule has 1 aromatic carbocycles. The van der Waals surface area contributed by atoms with Gasteiger partial charge in [0, 0.05) is 19.1 Å². The number of urea groups is 1. The van der Waals surface area contributed by atoms with Gasteiger partial charge in [-0.1, -0.05) is 24.3 Å². The number of amides is 2. The summed E-state index contributed by atoms with van der Waals surface area (Å²) < 4.78 is 25.2. The monoisotopic (exact) mass is 353 g/mol. The van der Waals surface area contributed by atoms with Crippen LogP contribution in [0.2, 0.25) is 0 Å². The van der Waals surface area contributed by atoms with Crippen molar-refractivity contribution in [3.05, 3.63) is 35.4 Å². The van der Waals surface area contributed by atoms with Crippen molar-refractivity contribution in [3.63, 3.8) is 0 Å². The lowest BCUT2D eigenvalue weighted by Gasteiger charge is -2.31. The van der Waals surface area contributed by atoms with E-state index in [2.05, 4.69) is 10.6 Å². The molecule has 1 heterocycles. The Morgan fingerprint density at radius 2 is 1.92 bits per heavy atom. The molecule has 1 aromatic rings. The fourth-order valence-electron chi connectivity index (χ4n) is 3.03. The zero-order valence-electron chi connectivity index (χ0n) is 14.6. The predicted molar refractivity (Wildman–Crippen MR) is 95.3 cm³/mol. The van der Waals surface area contributed by atoms with Gasteiger partial charge in [0.15, 0.2) is 0 Å². The number of nitrogens with one attached hydrogen (secondary N) is 2. The maximum absolute atomic E-state index is 12.2. The average molecular weight is 353 g/mol. The van der Waals surface area contributed by atoms with Crippen LogP contribution in [0.4, 0.5) is 4.79 Å². The van der Waals surface area contributed by atoms with Gasteiger partial charge in [-0.15, -0.1) is 0 Å². The number of carbonyl (C=O) groups excluding carboxylic acids is 1. The van der Waals surface area contributed by atoms with Gasteiger partial charge >= 0.3 is 6.03 Å². The van der Waals surface area contributed by atoms with Crippen molar-refractivity contribution in [2.45, 2.75) is 45.7 Å². The zero-order valence-corrected chi connectivity index (χ0v) is 15.4. The van der Waals surface area contributed by atoms with Crippen molar-refractivity contribution in [2.24, 2.45) is 0 Å². The average Bonchev–Trinajstić information content (AvgIpc) is 2.55. The third-order valence-electron chi connectivity index (χ3n) is 4.55. The number of rotatable bonds is 5. The Kier molecular flexibility index (Phi) is 6.23. The molecule has 0 saturated carbocycles. The van der Waals surface area contributed by atoms with Gasteiger partial charge in [-0.2, -0.15) is 0 Å². The smallest absolute Gasteiger partial charge is 0.315 e. The van der Waals surface area contributed by atoms with Crippen molar-refractivity contribution in [2.75, 3.05) is 18.8 Å². The summed E-state index contributed by atoms with van der Waals surface area (Å²) in [4.78, 5) is 12.2. The van der Waals surface area contributed by atoms with E-state index in [0.29, 0.717) is 25.9 Å². The largest absolute Gasteiger partial charge is 0.335 e. The summed E-state index contributed by atoms with van der Waals surface area (Å²) in [5.74, 6) is 0.125. The fourth-order valence-corrected chi connectivity index (χ4v) is 4.17. The van der Waals surface area contributed by atoms with E-state index >= 15 is 0 Å². The molecule has 7 heteroatoms. The SMILES string of the molecule is CCS(=O)(=O)N1CCC(NC(=O)N[C@@H](C)c2ccccc2C)CC1. The number of benzene rings is 1. The lowest BCUT2D eigenvalue weighted by molar-refractivity contribution is 0.225. The molecule has 2 N–H and O–H groups in total. The first-order valence-electron chi connectivity index (χ1n) is 8.44. The van der Waals surface area contributed by atoms with Gasteiger partial charge in [0.1, 0.15) is 0 Å². The second-order valence-corrected chi connectivity index (χ2v) is 8.53. The molecule has 0 unspecified atom stereocenters. The van der Waals surface area contributed by atoms with Gasteiger partial charge in [0.2, 0.25) is 10.0 Å². The normalized spacial score (nSPS) is 18.1. The summed E-state index contributed by atoms with van der Waals surface area (Å²) in [6.07, 6.45) is 1.29. The van der Waals surface area contributed by atoms with Crippen LogP contribution in [0.15, 0.2) is 24.3 Å². The van der Waals surface area contributed by atoms with E-state index in [0.717, 1.165) is 11.1 Å². The van der Waals surface area contributed by atoms with E-state index in [9.17, 15) is 13.2 Å². The molecular formula is C17H27N3O3S. The highest BCUT2D eigenvalue weighted by molar-refractivity contribution is 7.89. The second kappa shape index (κ2) is 7.98. The van der Waals surface area contributed by atoms with Gasteiger partial charge < -0.3 is 10.6 Å². The summed E-state index contributed by atoms with van der Waals surface area (Å²) in [5, 5.41) is 5.91. The Hall–Kier alpha value is -1.60. The van der Waals surface area contributed by atoms with Crippen molar-refractivity contribution in [3.8, 4) is 0 Å². The molecule has 1 saturated heterocycles. The molecule has 2 rings (SSSR count). The highest BCUT2D eigenvalue weighted by atomic mass is 32.2. The van der Waals surface area contributed by atoms with Crippen LogP contribution in [0.5, 0.6) is 0 Å². The topological polar surface area (TPSA) is 78.5 Å². The van der Waals surface area contributed by atoms with Crippen LogP contribution in [0.1, 0.15) is 43.9 Å². The van der Waals surface area contributed by atoms with Crippen molar-refractivity contribution in [1.29, 1.82) is 0 Å². The molecule has 1 aliphatic rings. The molecule has 134 valence electrons. The number of hydrogen-bond donors (Lipinski definition) is 2. The summed E-state index contributed by atoms with van der Waals surface area (Å²) in [7, 11) is -3.13. The maximum atomic E-state index is 12.2. The van der Waals surface area contributed by atoms with Crippen LogP contribution in [0.3, 0.4) is 0 Å². The minimum absolute atomic E-state index is 0.0115. The van der Waals surface area contributed by atoms with E-state index in [1.165, 1.54) is 4.31 Å². The molecule has 0 bridgehead atoms. The van der Waals surface area contributed by atoms with Gasteiger partial charge in [-0.05, 0) is 44.7 Å². The zero-order chi connectivity index (χ0) is 17.7. The molecule has 0 aromatic heterocycles. The van der Waals surface area contributed by atoms with E-state index in [-0.39, 0.29) is 23.9 Å². The summed E-state index contributed by atoms with van der Waals surface area (Å²) in [6.45, 7) is 6.57. The molecule has 0 spiro atoms. The molecule has 6 nitrogen and oxygen atoms in total. The quantitative estimate of drug-likeness (QED) is 0.851. The Labute approximate surface area is 144 Å². The summed E-state index contributed by atoms with van der Waals surface area (Å²) in [6, 6.07) is 7.70. The lowest BCUT2D eigenvalue weighted by atomic mass is 10.0. The molecule has 0 radical (unpaired) electrons. The predicted octanol–water partition coefficient (Wildman–Crippen LogP) is 2.17. The Bertz CT molecular complexity index is 667. The Balaban J connectivity index is 1.83. The van der Waals surface area contributed by atoms with Crippen LogP contribution >= 0.6 is 0 Å². The minimum Gasteiger partial charge on any atom is -0.335 e. The Morgan fingerprint density at radius 1 is 1.29 bits per heavy atom. The van der Waals surface area contributed by atoms with Crippen LogP contribution in [0.25, 0.3) is 0 Å². The van der Waals surface area contributed by atoms with E-state index in [1.54, 1.807) is 6.92 Å². The highest BCUT2D eigenvalue weighted by Gasteiger charge is 2.27. The maximum Gasteiger partial charge on any atom is 0.315 e. The van der Waals surface area contributed by atoms with Crippen molar-refractivity contribution < 1.29 is 13.2 Å². The molecule has 1 atom stereocenters. The fraction of sp³-hybridized carbons (Fsp3) is 0.588. The highest BCUT2D eigenvalue weighted by Crippen LogP contribution is 2.17. The molecule has 1 aliphatic heterocycles. The van der Waals surface area contributed by atoms with E-state index < -0.39 is 10.0 Å². The second-order valence-electron chi connectivity index (χ2n) is 6.27. The van der Waals surface area contributed by atoms with Gasteiger partial charge in [0.25, 0.3) is 0 Å². The molecule has 1 fully saturated rings. The first-order chi connectivity index (χ1) is 11.3. The van der Waals surface area contributed by atoms with Crippen LogP contribution < -0.4 is 10.6 Å². The molecule has 24 heavy (non-hydrogen) atoms. The molecular weight excluding hydrogens is 326 g/mol. The van der Waals surface area contributed by atoms with Gasteiger partial charge in [-0.3, -0.25) is 0 Å². The standard InChI is InChI=1S/C17H27N3O3S/c1-4-24(22,23)20-11-9-15(10-12-20)19-17(21)18-14(3)16-8-6-5-7-13(16)2/h5-8,14-15H,4,9-12H2,1-3H3,(H2,18,19,21)/t14-/m0/s1. The van der Waals surface area contributed by atoms with Crippen LogP contribution in [-0.4, -0.2) is 43.6 Å². The number of nitrogens with zero attached hydrogens (tertiary/aromatic N) is 1. The van der Waals surface area contributed by atoms with Crippen LogP contribution in [0, 0.1) is 6.92 Å². The summed E-state index contributed by atoms with van der Waals surface area (Å²) in [5.41, 5.74) is 2.24. The van der Waals surface area contributed by atoms with Crippen LogP contribution in [-0.2, 0) is 10.0 Å². The van der Waals surface area contributed by atoms with Crippen molar-refractivity contribution in [1.82, 2.24) is 14.9 Å². The third kappa shape index (κ3) is 4.70. The van der Waals surface area contributed by atoms with E-state index in [1.807, 2.05) is 38.1 Å². The molecule has 0 aliphatic carbocycles. The minimum atomic E-state index is -3.13. The lowest BCUT2D eigenvalue weighted by Crippen LogP contribution is -2.49. The number of sulfonamides is 1. The number of piperidine rings is 1. The first kappa shape index (κ1) is 18.7.